The third-order valence-electron chi connectivity index (χ3n) is 2.53. The van der Waals surface area contributed by atoms with Crippen LogP contribution in [0.15, 0.2) is 53.4 Å². The van der Waals surface area contributed by atoms with Crippen LogP contribution in [0.25, 0.3) is 0 Å². The van der Waals surface area contributed by atoms with Gasteiger partial charge in [0, 0.05) is 5.56 Å². The van der Waals surface area contributed by atoms with Crippen LogP contribution in [0, 0.1) is 5.82 Å². The van der Waals surface area contributed by atoms with Crippen molar-refractivity contribution in [2.45, 2.75) is 4.90 Å². The predicted molar refractivity (Wildman–Crippen MR) is 72.3 cm³/mol. The molecular formula is C13H11FN2O4S. The van der Waals surface area contributed by atoms with Gasteiger partial charge in [-0.1, -0.05) is 6.07 Å². The maximum absolute atomic E-state index is 12.7. The normalized spacial score (nSPS) is 11.1. The number of rotatable bonds is 4. The number of sulfonamides is 1. The summed E-state index contributed by atoms with van der Waals surface area (Å²) in [7, 11) is -4.00. The molecule has 0 spiro atoms. The molecule has 8 heteroatoms. The van der Waals surface area contributed by atoms with Crippen LogP contribution < -0.4 is 10.3 Å². The molecule has 0 fully saturated rings. The lowest BCUT2D eigenvalue weighted by atomic mass is 10.2. The summed E-state index contributed by atoms with van der Waals surface area (Å²) in [6, 6.07) is 9.52. The molecule has 0 aliphatic heterocycles. The first-order valence-electron chi connectivity index (χ1n) is 5.75. The molecule has 0 aliphatic rings. The van der Waals surface area contributed by atoms with E-state index in [1.165, 1.54) is 24.3 Å². The molecule has 6 nitrogen and oxygen atoms in total. The summed E-state index contributed by atoms with van der Waals surface area (Å²) < 4.78 is 36.4. The molecule has 2 aromatic rings. The van der Waals surface area contributed by atoms with Gasteiger partial charge in [-0.3, -0.25) is 10.2 Å². The molecule has 21 heavy (non-hydrogen) atoms. The van der Waals surface area contributed by atoms with Gasteiger partial charge in [0.05, 0.1) is 4.90 Å². The van der Waals surface area contributed by atoms with E-state index in [2.05, 4.69) is 0 Å². The molecule has 0 bridgehead atoms. The highest BCUT2D eigenvalue weighted by atomic mass is 32.2. The number of benzene rings is 2. The number of carbonyl (C=O) groups excluding carboxylic acids is 1. The van der Waals surface area contributed by atoms with Crippen molar-refractivity contribution < 1.29 is 22.7 Å². The molecule has 0 atom stereocenters. The Morgan fingerprint density at radius 3 is 2.38 bits per heavy atom. The summed E-state index contributed by atoms with van der Waals surface area (Å²) in [5.41, 5.74) is 2.08. The van der Waals surface area contributed by atoms with Crippen molar-refractivity contribution in [1.82, 2.24) is 10.3 Å². The van der Waals surface area contributed by atoms with Crippen LogP contribution in [0.3, 0.4) is 0 Å². The Balaban J connectivity index is 2.08. The van der Waals surface area contributed by atoms with Crippen molar-refractivity contribution in [1.29, 1.82) is 0 Å². The predicted octanol–water partition coefficient (Wildman–Crippen LogP) is 1.15. The number of carbonyl (C=O) groups is 1. The Labute approximate surface area is 120 Å². The van der Waals surface area contributed by atoms with Crippen molar-refractivity contribution in [2.24, 2.45) is 0 Å². The van der Waals surface area contributed by atoms with Crippen LogP contribution in [0.1, 0.15) is 10.4 Å². The van der Waals surface area contributed by atoms with Crippen LogP contribution in [-0.4, -0.2) is 19.4 Å². The molecule has 2 aromatic carbocycles. The summed E-state index contributed by atoms with van der Waals surface area (Å²) in [4.78, 5) is 13.4. The van der Waals surface area contributed by atoms with Gasteiger partial charge in [-0.05, 0) is 42.5 Å². The summed E-state index contributed by atoms with van der Waals surface area (Å²) in [5.74, 6) is -1.43. The van der Waals surface area contributed by atoms with E-state index in [4.69, 9.17) is 0 Å². The van der Waals surface area contributed by atoms with E-state index in [0.29, 0.717) is 0 Å². The molecule has 110 valence electrons. The van der Waals surface area contributed by atoms with E-state index in [1.54, 1.807) is 0 Å². The van der Waals surface area contributed by atoms with Crippen molar-refractivity contribution in [3.63, 3.8) is 0 Å². The van der Waals surface area contributed by atoms with Gasteiger partial charge in [-0.25, -0.2) is 12.8 Å². The Hall–Kier alpha value is -2.45. The Kier molecular flexibility index (Phi) is 4.20. The number of nitrogens with one attached hydrogen (secondary N) is 2. The molecular weight excluding hydrogens is 299 g/mol. The summed E-state index contributed by atoms with van der Waals surface area (Å²) in [6.45, 7) is 0. The fourth-order valence-electron chi connectivity index (χ4n) is 1.51. The van der Waals surface area contributed by atoms with E-state index in [-0.39, 0.29) is 16.2 Å². The Morgan fingerprint density at radius 1 is 1.10 bits per heavy atom. The number of hydrogen-bond acceptors (Lipinski definition) is 4. The number of aromatic hydroxyl groups is 1. The number of amides is 1. The number of hydrazine groups is 1. The zero-order valence-electron chi connectivity index (χ0n) is 10.6. The standard InChI is InChI=1S/C13H11FN2O4S/c14-10-4-6-12(7-5-10)21(19,20)16-15-13(18)9-2-1-3-11(17)8-9/h1-8,16-17H,(H,15,18). The van der Waals surface area contributed by atoms with E-state index in [1.807, 2.05) is 10.3 Å². The Morgan fingerprint density at radius 2 is 1.76 bits per heavy atom. The first-order valence-corrected chi connectivity index (χ1v) is 7.23. The monoisotopic (exact) mass is 310 g/mol. The van der Waals surface area contributed by atoms with Crippen molar-refractivity contribution in [3.05, 3.63) is 59.9 Å². The highest BCUT2D eigenvalue weighted by Gasteiger charge is 2.15. The van der Waals surface area contributed by atoms with Gasteiger partial charge >= 0.3 is 0 Å². The largest absolute Gasteiger partial charge is 0.508 e. The zero-order chi connectivity index (χ0) is 15.5. The smallest absolute Gasteiger partial charge is 0.266 e. The molecule has 0 radical (unpaired) electrons. The van der Waals surface area contributed by atoms with Crippen LogP contribution in [0.4, 0.5) is 4.39 Å². The van der Waals surface area contributed by atoms with Gasteiger partial charge in [0.25, 0.3) is 15.9 Å². The second-order valence-electron chi connectivity index (χ2n) is 4.06. The fourth-order valence-corrected chi connectivity index (χ4v) is 2.34. The molecule has 0 saturated heterocycles. The quantitative estimate of drug-likeness (QED) is 0.738. The second kappa shape index (κ2) is 5.90. The first-order chi connectivity index (χ1) is 9.88. The minimum absolute atomic E-state index is 0.0804. The molecule has 0 heterocycles. The van der Waals surface area contributed by atoms with E-state index in [9.17, 15) is 22.7 Å². The maximum atomic E-state index is 12.7. The van der Waals surface area contributed by atoms with E-state index < -0.39 is 21.7 Å². The summed E-state index contributed by atoms with van der Waals surface area (Å²) in [6.07, 6.45) is 0. The summed E-state index contributed by atoms with van der Waals surface area (Å²) in [5, 5.41) is 9.24. The van der Waals surface area contributed by atoms with Crippen molar-refractivity contribution in [3.8, 4) is 5.75 Å². The van der Waals surface area contributed by atoms with Crippen LogP contribution >= 0.6 is 0 Å². The van der Waals surface area contributed by atoms with Gasteiger partial charge in [-0.2, -0.15) is 0 Å². The number of hydrogen-bond donors (Lipinski definition) is 3. The minimum Gasteiger partial charge on any atom is -0.508 e. The lowest BCUT2D eigenvalue weighted by Gasteiger charge is -2.08. The first kappa shape index (κ1) is 14.9. The lowest BCUT2D eigenvalue weighted by molar-refractivity contribution is 0.0944. The average molecular weight is 310 g/mol. The maximum Gasteiger partial charge on any atom is 0.266 e. The molecule has 1 amide bonds. The molecule has 0 aromatic heterocycles. The summed E-state index contributed by atoms with van der Waals surface area (Å²) >= 11 is 0. The highest BCUT2D eigenvalue weighted by Crippen LogP contribution is 2.11. The third kappa shape index (κ3) is 3.77. The lowest BCUT2D eigenvalue weighted by Crippen LogP contribution is -2.41. The van der Waals surface area contributed by atoms with Crippen LogP contribution in [0.5, 0.6) is 5.75 Å². The molecule has 0 unspecified atom stereocenters. The SMILES string of the molecule is O=C(NNS(=O)(=O)c1ccc(F)cc1)c1cccc(O)c1. The Bertz CT molecular complexity index is 760. The van der Waals surface area contributed by atoms with Gasteiger partial charge in [0.2, 0.25) is 0 Å². The van der Waals surface area contributed by atoms with E-state index >= 15 is 0 Å². The fraction of sp³-hybridized carbons (Fsp3) is 0. The minimum atomic E-state index is -4.00. The second-order valence-corrected chi connectivity index (χ2v) is 5.75. The van der Waals surface area contributed by atoms with Crippen LogP contribution in [-0.2, 0) is 10.0 Å². The van der Waals surface area contributed by atoms with Gasteiger partial charge < -0.3 is 5.11 Å². The number of phenolic OH excluding ortho intramolecular Hbond substituents is 1. The van der Waals surface area contributed by atoms with Gasteiger partial charge in [-0.15, -0.1) is 4.83 Å². The van der Waals surface area contributed by atoms with E-state index in [0.717, 1.165) is 24.3 Å². The molecule has 2 rings (SSSR count). The highest BCUT2D eigenvalue weighted by molar-refractivity contribution is 7.89. The third-order valence-corrected chi connectivity index (χ3v) is 3.79. The number of halogens is 1. The topological polar surface area (TPSA) is 95.5 Å². The van der Waals surface area contributed by atoms with Crippen molar-refractivity contribution in [2.75, 3.05) is 0 Å². The average Bonchev–Trinajstić information content (AvgIpc) is 2.45. The van der Waals surface area contributed by atoms with Gasteiger partial charge in [0.15, 0.2) is 0 Å². The number of phenols is 1. The molecule has 3 N–H and O–H groups in total. The van der Waals surface area contributed by atoms with Crippen molar-refractivity contribution >= 4 is 15.9 Å². The molecule has 0 aliphatic carbocycles. The van der Waals surface area contributed by atoms with Gasteiger partial charge in [0.1, 0.15) is 11.6 Å². The molecule has 0 saturated carbocycles. The van der Waals surface area contributed by atoms with Crippen LogP contribution in [0.2, 0.25) is 0 Å². The zero-order valence-corrected chi connectivity index (χ0v) is 11.4.